The molecule has 0 N–H and O–H groups in total. The number of nitrogens with zero attached hydrogens (tertiary/aromatic N) is 1. The Labute approximate surface area is 307 Å². The van der Waals surface area contributed by atoms with E-state index >= 15 is 0 Å². The van der Waals surface area contributed by atoms with Crippen LogP contribution in [0.2, 0.25) is 0 Å². The Morgan fingerprint density at radius 1 is 0.373 bits per heavy atom. The third kappa shape index (κ3) is 8.25. The van der Waals surface area contributed by atoms with E-state index in [0.717, 1.165) is 18.9 Å². The Hall–Kier alpha value is -4.37. The van der Waals surface area contributed by atoms with Crippen LogP contribution in [0.3, 0.4) is 0 Å². The molecule has 0 saturated heterocycles. The van der Waals surface area contributed by atoms with Crippen LogP contribution in [0.15, 0.2) is 217 Å². The van der Waals surface area contributed by atoms with Gasteiger partial charge in [0.15, 0.2) is 0 Å². The Morgan fingerprint density at radius 2 is 0.608 bits per heavy atom. The van der Waals surface area contributed by atoms with Crippen LogP contribution < -0.4 is 37.1 Å². The summed E-state index contributed by atoms with van der Waals surface area (Å²) in [5.41, 5.74) is -0.127. The van der Waals surface area contributed by atoms with Gasteiger partial charge in [0.2, 0.25) is 0 Å². The van der Waals surface area contributed by atoms with Gasteiger partial charge in [-0.05, 0) is 54.8 Å². The highest BCUT2D eigenvalue weighted by Gasteiger charge is 2.36. The Kier molecular flexibility index (Phi) is 11.5. The van der Waals surface area contributed by atoms with Gasteiger partial charge in [-0.25, -0.2) is 0 Å². The van der Waals surface area contributed by atoms with Gasteiger partial charge in [-0.2, -0.15) is 0 Å². The smallest absolute Gasteiger partial charge is 0.0547 e. The van der Waals surface area contributed by atoms with Crippen molar-refractivity contribution < 1.29 is 0 Å². The molecule has 51 heavy (non-hydrogen) atoms. The average molecular weight is 716 g/mol. The molecular weight excluding hydrogens is 671 g/mol. The van der Waals surface area contributed by atoms with E-state index in [1.54, 1.807) is 0 Å². The first-order valence-electron chi connectivity index (χ1n) is 17.6. The van der Waals surface area contributed by atoms with Gasteiger partial charge in [-0.3, -0.25) is 4.74 Å². The second-order valence-electron chi connectivity index (χ2n) is 13.3. The van der Waals surface area contributed by atoms with Crippen molar-refractivity contribution in [2.45, 2.75) is 6.92 Å². The maximum atomic E-state index is 6.15. The SMILES string of the molecule is CC(CN=P(c1ccccc1)(c1ccccc1)c1ccccc1)(CP(c1ccccc1)c1ccccc1)CP(c1ccccc1)c1ccccc1. The molecule has 0 spiro atoms. The van der Waals surface area contributed by atoms with E-state index in [0.29, 0.717) is 0 Å². The average Bonchev–Trinajstić information content (AvgIpc) is 3.22. The third-order valence-corrected chi connectivity index (χ3v) is 19.0. The molecule has 0 aliphatic heterocycles. The number of rotatable bonds is 13. The maximum Gasteiger partial charge on any atom is 0.0547 e. The quantitative estimate of drug-likeness (QED) is 0.106. The number of hydrogen-bond acceptors (Lipinski definition) is 1. The largest absolute Gasteiger partial charge is 0.289 e. The van der Waals surface area contributed by atoms with Crippen LogP contribution in [-0.4, -0.2) is 18.9 Å². The monoisotopic (exact) mass is 715 g/mol. The summed E-state index contributed by atoms with van der Waals surface area (Å²) in [4.78, 5) is 0. The molecule has 1 nitrogen and oxygen atoms in total. The molecule has 0 heterocycles. The summed E-state index contributed by atoms with van der Waals surface area (Å²) < 4.78 is 6.15. The van der Waals surface area contributed by atoms with Gasteiger partial charge >= 0.3 is 0 Å². The Balaban J connectivity index is 1.44. The van der Waals surface area contributed by atoms with Gasteiger partial charge in [0.05, 0.1) is 7.05 Å². The van der Waals surface area contributed by atoms with E-state index in [-0.39, 0.29) is 5.41 Å². The zero-order chi connectivity index (χ0) is 34.8. The molecule has 4 heteroatoms. The van der Waals surface area contributed by atoms with Crippen LogP contribution in [-0.2, 0) is 0 Å². The van der Waals surface area contributed by atoms with E-state index < -0.39 is 22.9 Å². The molecule has 7 aromatic carbocycles. The van der Waals surface area contributed by atoms with Crippen molar-refractivity contribution in [2.75, 3.05) is 18.9 Å². The fourth-order valence-electron chi connectivity index (χ4n) is 6.91. The first-order chi connectivity index (χ1) is 25.1. The van der Waals surface area contributed by atoms with Gasteiger partial charge in [0, 0.05) is 22.5 Å². The van der Waals surface area contributed by atoms with Gasteiger partial charge in [-0.15, -0.1) is 0 Å². The highest BCUT2D eigenvalue weighted by atomic mass is 31.2. The molecule has 7 aromatic rings. The van der Waals surface area contributed by atoms with Gasteiger partial charge < -0.3 is 0 Å². The van der Waals surface area contributed by atoms with E-state index in [1.165, 1.54) is 37.1 Å². The second-order valence-corrected chi connectivity index (χ2v) is 20.8. The summed E-state index contributed by atoms with van der Waals surface area (Å²) >= 11 is 0. The van der Waals surface area contributed by atoms with E-state index in [9.17, 15) is 0 Å². The molecule has 0 unspecified atom stereocenters. The molecule has 0 aliphatic rings. The van der Waals surface area contributed by atoms with E-state index in [1.807, 2.05) is 0 Å². The molecule has 0 radical (unpaired) electrons. The predicted octanol–water partition coefficient (Wildman–Crippen LogP) is 9.44. The Bertz CT molecular complexity index is 1860. The highest BCUT2D eigenvalue weighted by Crippen LogP contribution is 2.51. The molecule has 7 rings (SSSR count). The summed E-state index contributed by atoms with van der Waals surface area (Å²) in [5.74, 6) is 0. The van der Waals surface area contributed by atoms with Crippen molar-refractivity contribution in [1.29, 1.82) is 0 Å². The fourth-order valence-corrected chi connectivity index (χ4v) is 16.2. The molecular formula is C47H44NP3. The summed E-state index contributed by atoms with van der Waals surface area (Å²) in [6.07, 6.45) is 2.08. The summed E-state index contributed by atoms with van der Waals surface area (Å²) in [6, 6.07) is 78.1. The molecule has 0 aromatic heterocycles. The summed E-state index contributed by atoms with van der Waals surface area (Å²) in [6.45, 7) is 3.28. The lowest BCUT2D eigenvalue weighted by molar-refractivity contribution is 0.448. The van der Waals surface area contributed by atoms with Crippen LogP contribution in [0.5, 0.6) is 0 Å². The molecule has 0 fully saturated rings. The minimum atomic E-state index is -2.38. The van der Waals surface area contributed by atoms with Crippen LogP contribution in [0.25, 0.3) is 0 Å². The standard InChI is InChI=1S/C47H44NP3/c1-47(38-49(40-23-9-2-10-24-40)41-25-11-3-12-26-41,39-50(42-27-13-4-14-28-42)43-29-15-5-16-30-43)37-48-51(44-31-17-6-18-32-44,45-33-19-7-20-34-45)46-35-21-8-22-36-46/h2-36H,37-39H2,1H3. The minimum Gasteiger partial charge on any atom is -0.289 e. The van der Waals surface area contributed by atoms with Crippen molar-refractivity contribution in [2.24, 2.45) is 10.2 Å². The lowest BCUT2D eigenvalue weighted by Crippen LogP contribution is -2.35. The topological polar surface area (TPSA) is 12.4 Å². The summed E-state index contributed by atoms with van der Waals surface area (Å²) in [5, 5.41) is 9.57. The lowest BCUT2D eigenvalue weighted by Gasteiger charge is -2.38. The van der Waals surface area contributed by atoms with Crippen molar-refractivity contribution >= 4 is 60.0 Å². The van der Waals surface area contributed by atoms with E-state index in [2.05, 4.69) is 219 Å². The van der Waals surface area contributed by atoms with Crippen LogP contribution >= 0.6 is 22.9 Å². The first-order valence-corrected chi connectivity index (χ1v) is 22.4. The normalized spacial score (nSPS) is 11.8. The van der Waals surface area contributed by atoms with Crippen LogP contribution in [0.4, 0.5) is 0 Å². The lowest BCUT2D eigenvalue weighted by atomic mass is 9.97. The van der Waals surface area contributed by atoms with Crippen molar-refractivity contribution in [3.05, 3.63) is 212 Å². The molecule has 0 aliphatic carbocycles. The van der Waals surface area contributed by atoms with Crippen molar-refractivity contribution in [1.82, 2.24) is 0 Å². The highest BCUT2D eigenvalue weighted by molar-refractivity contribution is 7.87. The van der Waals surface area contributed by atoms with Gasteiger partial charge in [0.25, 0.3) is 0 Å². The zero-order valence-corrected chi connectivity index (χ0v) is 31.8. The van der Waals surface area contributed by atoms with Gasteiger partial charge in [-0.1, -0.05) is 219 Å². The van der Waals surface area contributed by atoms with Crippen LogP contribution in [0, 0.1) is 5.41 Å². The minimum absolute atomic E-state index is 0.127. The van der Waals surface area contributed by atoms with Crippen molar-refractivity contribution in [3.8, 4) is 0 Å². The predicted molar refractivity (Wildman–Crippen MR) is 228 cm³/mol. The van der Waals surface area contributed by atoms with Crippen LogP contribution in [0.1, 0.15) is 6.92 Å². The zero-order valence-electron chi connectivity index (χ0n) is 29.1. The second kappa shape index (κ2) is 16.8. The van der Waals surface area contributed by atoms with E-state index in [4.69, 9.17) is 4.74 Å². The van der Waals surface area contributed by atoms with Gasteiger partial charge in [0.1, 0.15) is 0 Å². The van der Waals surface area contributed by atoms with Crippen molar-refractivity contribution in [3.63, 3.8) is 0 Å². The molecule has 0 bridgehead atoms. The fraction of sp³-hybridized carbons (Fsp3) is 0.106. The molecule has 0 atom stereocenters. The Morgan fingerprint density at radius 3 is 0.863 bits per heavy atom. The number of hydrogen-bond donors (Lipinski definition) is 0. The molecule has 0 amide bonds. The molecule has 252 valence electrons. The summed E-state index contributed by atoms with van der Waals surface area (Å²) in [7, 11) is -3.69. The third-order valence-electron chi connectivity index (χ3n) is 9.41. The maximum absolute atomic E-state index is 6.15. The molecule has 0 saturated carbocycles. The first kappa shape index (κ1) is 35.1. The number of benzene rings is 7.